The number of hydrogen-bond acceptors (Lipinski definition) is 5. The lowest BCUT2D eigenvalue weighted by molar-refractivity contribution is -0.401. The summed E-state index contributed by atoms with van der Waals surface area (Å²) in [4.78, 5) is 22.5. The molecular formula is C6H6N4O4. The zero-order chi connectivity index (χ0) is 10.7. The number of aromatic nitrogens is 2. The van der Waals surface area contributed by atoms with Crippen LogP contribution in [0.2, 0.25) is 0 Å². The molecule has 8 heteroatoms. The Kier molecular flexibility index (Phi) is 2.56. The smallest absolute Gasteiger partial charge is 0.390 e. The van der Waals surface area contributed by atoms with Crippen LogP contribution in [0.1, 0.15) is 5.69 Å². The largest absolute Gasteiger partial charge is 0.434 e. The molecule has 0 N–H and O–H groups in total. The second kappa shape index (κ2) is 3.64. The number of nitro groups is 2. The minimum atomic E-state index is -0.663. The average molecular weight is 198 g/mol. The van der Waals surface area contributed by atoms with Gasteiger partial charge in [-0.2, -0.15) is 0 Å². The molecule has 1 heterocycles. The maximum absolute atomic E-state index is 10.3. The van der Waals surface area contributed by atoms with E-state index < -0.39 is 9.85 Å². The molecule has 0 unspecified atom stereocenters. The Hall–Kier alpha value is -2.25. The molecule has 1 rings (SSSR count). The van der Waals surface area contributed by atoms with Gasteiger partial charge in [-0.3, -0.25) is 10.1 Å². The molecule has 0 fully saturated rings. The Bertz CT molecular complexity index is 408. The third-order valence-corrected chi connectivity index (χ3v) is 1.53. The second-order valence-corrected chi connectivity index (χ2v) is 2.40. The summed E-state index contributed by atoms with van der Waals surface area (Å²) in [6.45, 7) is 0. The van der Waals surface area contributed by atoms with E-state index in [0.717, 1.165) is 10.6 Å². The summed E-state index contributed by atoms with van der Waals surface area (Å²) in [5.41, 5.74) is 0.299. The average Bonchev–Trinajstić information content (AvgIpc) is 2.43. The fourth-order valence-electron chi connectivity index (χ4n) is 0.874. The van der Waals surface area contributed by atoms with Gasteiger partial charge in [0, 0.05) is 0 Å². The maximum Gasteiger partial charge on any atom is 0.434 e. The quantitative estimate of drug-likeness (QED) is 0.521. The van der Waals surface area contributed by atoms with E-state index in [0.29, 0.717) is 11.9 Å². The third kappa shape index (κ3) is 1.91. The molecular weight excluding hydrogens is 192 g/mol. The van der Waals surface area contributed by atoms with E-state index in [1.54, 1.807) is 0 Å². The van der Waals surface area contributed by atoms with Gasteiger partial charge < -0.3 is 10.1 Å². The molecule has 0 amide bonds. The van der Waals surface area contributed by atoms with E-state index in [4.69, 9.17) is 0 Å². The number of imidazole rings is 1. The van der Waals surface area contributed by atoms with Crippen LogP contribution in [0, 0.1) is 20.2 Å². The van der Waals surface area contributed by atoms with E-state index >= 15 is 0 Å². The highest BCUT2D eigenvalue weighted by Gasteiger charge is 2.15. The van der Waals surface area contributed by atoms with Crippen LogP contribution in [-0.4, -0.2) is 19.4 Å². The van der Waals surface area contributed by atoms with Gasteiger partial charge in [0.25, 0.3) is 0 Å². The zero-order valence-electron chi connectivity index (χ0n) is 7.15. The van der Waals surface area contributed by atoms with Crippen LogP contribution < -0.4 is 0 Å². The van der Waals surface area contributed by atoms with Crippen molar-refractivity contribution in [2.75, 3.05) is 0 Å². The molecule has 0 radical (unpaired) electrons. The lowest BCUT2D eigenvalue weighted by Crippen LogP contribution is -1.99. The summed E-state index contributed by atoms with van der Waals surface area (Å²) >= 11 is 0. The molecule has 14 heavy (non-hydrogen) atoms. The summed E-state index contributed by atoms with van der Waals surface area (Å²) in [5, 5.41) is 20.3. The molecule has 0 saturated heterocycles. The lowest BCUT2D eigenvalue weighted by Gasteiger charge is -1.93. The van der Waals surface area contributed by atoms with Gasteiger partial charge in [-0.05, 0) is 4.92 Å². The summed E-state index contributed by atoms with van der Waals surface area (Å²) in [5.74, 6) is -0.354. The predicted molar refractivity (Wildman–Crippen MR) is 45.9 cm³/mol. The van der Waals surface area contributed by atoms with Crippen LogP contribution in [0.15, 0.2) is 12.4 Å². The second-order valence-electron chi connectivity index (χ2n) is 2.40. The van der Waals surface area contributed by atoms with Crippen LogP contribution in [0.3, 0.4) is 0 Å². The van der Waals surface area contributed by atoms with E-state index in [9.17, 15) is 20.2 Å². The van der Waals surface area contributed by atoms with Crippen LogP contribution in [-0.2, 0) is 7.05 Å². The van der Waals surface area contributed by atoms with Crippen molar-refractivity contribution in [2.24, 2.45) is 7.05 Å². The first-order valence-corrected chi connectivity index (χ1v) is 3.50. The van der Waals surface area contributed by atoms with Crippen molar-refractivity contribution in [1.29, 1.82) is 0 Å². The molecule has 0 spiro atoms. The molecule has 1 aromatic rings. The van der Waals surface area contributed by atoms with Crippen molar-refractivity contribution in [3.8, 4) is 0 Å². The molecule has 1 aromatic heterocycles. The normalized spacial score (nSPS) is 10.6. The Morgan fingerprint density at radius 2 is 2.14 bits per heavy atom. The minimum Gasteiger partial charge on any atom is -0.390 e. The van der Waals surface area contributed by atoms with E-state index in [1.807, 2.05) is 0 Å². The standard InChI is InChI=1S/C6H6N4O4/c1-8-5(2-3-9(11)12)4-7-6(8)10(13)14/h2-4H,1H3/b3-2+. The molecule has 0 bridgehead atoms. The first-order valence-electron chi connectivity index (χ1n) is 3.50. The van der Waals surface area contributed by atoms with Gasteiger partial charge in [0.15, 0.2) is 0 Å². The summed E-state index contributed by atoms with van der Waals surface area (Å²) in [6, 6.07) is 0. The number of hydrogen-bond donors (Lipinski definition) is 0. The van der Waals surface area contributed by atoms with Crippen molar-refractivity contribution in [3.05, 3.63) is 38.3 Å². The minimum absolute atomic E-state index is 0.299. The van der Waals surface area contributed by atoms with Crippen LogP contribution in [0.5, 0.6) is 0 Å². The number of rotatable bonds is 3. The third-order valence-electron chi connectivity index (χ3n) is 1.53. The van der Waals surface area contributed by atoms with Gasteiger partial charge in [0.05, 0.1) is 18.0 Å². The van der Waals surface area contributed by atoms with Crippen molar-refractivity contribution >= 4 is 12.0 Å². The molecule has 0 aliphatic carbocycles. The van der Waals surface area contributed by atoms with Crippen LogP contribution in [0.25, 0.3) is 6.08 Å². The lowest BCUT2D eigenvalue weighted by atomic mass is 10.4. The van der Waals surface area contributed by atoms with Crippen molar-refractivity contribution in [1.82, 2.24) is 9.55 Å². The van der Waals surface area contributed by atoms with E-state index in [2.05, 4.69) is 4.98 Å². The van der Waals surface area contributed by atoms with Crippen LogP contribution >= 0.6 is 0 Å². The molecule has 0 atom stereocenters. The highest BCUT2D eigenvalue weighted by Crippen LogP contribution is 2.11. The first kappa shape index (κ1) is 9.84. The van der Waals surface area contributed by atoms with Gasteiger partial charge in [-0.25, -0.2) is 4.57 Å². The zero-order valence-corrected chi connectivity index (χ0v) is 7.15. The maximum atomic E-state index is 10.3. The molecule has 0 saturated carbocycles. The Morgan fingerprint density at radius 3 is 2.57 bits per heavy atom. The highest BCUT2D eigenvalue weighted by molar-refractivity contribution is 5.44. The molecule has 0 aliphatic rings. The Labute approximate surface area is 77.8 Å². The monoisotopic (exact) mass is 198 g/mol. The van der Waals surface area contributed by atoms with Crippen LogP contribution in [0.4, 0.5) is 5.95 Å². The Morgan fingerprint density at radius 1 is 1.50 bits per heavy atom. The highest BCUT2D eigenvalue weighted by atomic mass is 16.6. The van der Waals surface area contributed by atoms with Gasteiger partial charge in [0.1, 0.15) is 11.9 Å². The SMILES string of the molecule is Cn1c(/C=C/[N+](=O)[O-])cnc1[N+](=O)[O-]. The van der Waals surface area contributed by atoms with Gasteiger partial charge >= 0.3 is 5.95 Å². The number of nitrogens with zero attached hydrogens (tertiary/aromatic N) is 4. The van der Waals surface area contributed by atoms with Crippen molar-refractivity contribution in [3.63, 3.8) is 0 Å². The predicted octanol–water partition coefficient (Wildman–Crippen LogP) is 0.576. The fraction of sp³-hybridized carbons (Fsp3) is 0.167. The Balaban J connectivity index is 3.01. The van der Waals surface area contributed by atoms with Gasteiger partial charge in [0.2, 0.25) is 6.20 Å². The van der Waals surface area contributed by atoms with Gasteiger partial charge in [-0.15, -0.1) is 0 Å². The molecule has 8 nitrogen and oxygen atoms in total. The summed E-state index contributed by atoms with van der Waals surface area (Å²) < 4.78 is 1.15. The molecule has 0 aromatic carbocycles. The van der Waals surface area contributed by atoms with E-state index in [-0.39, 0.29) is 5.95 Å². The molecule has 0 aliphatic heterocycles. The molecule has 74 valence electrons. The fourth-order valence-corrected chi connectivity index (χ4v) is 0.874. The first-order chi connectivity index (χ1) is 6.52. The summed E-state index contributed by atoms with van der Waals surface area (Å²) in [6.07, 6.45) is 3.03. The summed E-state index contributed by atoms with van der Waals surface area (Å²) in [7, 11) is 1.41. The topological polar surface area (TPSA) is 104 Å². The van der Waals surface area contributed by atoms with Crippen molar-refractivity contribution < 1.29 is 9.85 Å². The van der Waals surface area contributed by atoms with Gasteiger partial charge in [-0.1, -0.05) is 4.98 Å². The van der Waals surface area contributed by atoms with Crippen molar-refractivity contribution in [2.45, 2.75) is 0 Å². The van der Waals surface area contributed by atoms with E-state index in [1.165, 1.54) is 13.2 Å².